The number of nitrogens with one attached hydrogen (secondary N) is 1. The fraction of sp³-hybridized carbons (Fsp3) is 0.500. The van der Waals surface area contributed by atoms with Crippen LogP contribution in [0.15, 0.2) is 73.8 Å². The monoisotopic (exact) mass is 685 g/mol. The Bertz CT molecular complexity index is 1570. The number of hydrogen-bond donors (Lipinski definition) is 2. The second-order valence-corrected chi connectivity index (χ2v) is 14.2. The fourth-order valence-electron chi connectivity index (χ4n) is 8.29. The van der Waals surface area contributed by atoms with E-state index in [4.69, 9.17) is 9.47 Å². The number of rotatable bonds is 16. The molecular formula is C40H51N3O7. The van der Waals surface area contributed by atoms with E-state index in [1.54, 1.807) is 17.1 Å². The second kappa shape index (κ2) is 15.7. The molecular weight excluding hydrogens is 634 g/mol. The maximum atomic E-state index is 15.1. The predicted octanol–water partition coefficient (Wildman–Crippen LogP) is 4.97. The van der Waals surface area contributed by atoms with Gasteiger partial charge in [-0.1, -0.05) is 74.5 Å². The van der Waals surface area contributed by atoms with E-state index < -0.39 is 47.7 Å². The molecule has 2 aromatic carbocycles. The van der Waals surface area contributed by atoms with Gasteiger partial charge in [0.25, 0.3) is 5.91 Å². The standard InChI is InChI=1S/C40H51N3O7/c1-7-9-18-32(45)41-23-31(28-16-11-10-12-17-28)49-39(48)33-30-19-20-40(50-30)34(33)37(46)43(29(24-44)22-25(3)4)36(40)38(47)42(21-8-2)35-26(5)14-13-15-27(35)6/h7-8,10-17,25,29-31,33-34,36,44H,1-2,9,18-24H2,3-6H3,(H,41,45)/t29-,30-,31-,33+,34+,36-,40+/m1/s1. The molecule has 268 valence electrons. The summed E-state index contributed by atoms with van der Waals surface area (Å²) in [6.07, 6.45) is 3.99. The normalized spacial score (nSPS) is 24.8. The summed E-state index contributed by atoms with van der Waals surface area (Å²) in [5, 5.41) is 13.6. The Labute approximate surface area is 295 Å². The van der Waals surface area contributed by atoms with Crippen molar-refractivity contribution in [2.24, 2.45) is 17.8 Å². The van der Waals surface area contributed by atoms with Gasteiger partial charge in [0.15, 0.2) is 0 Å². The highest BCUT2D eigenvalue weighted by Crippen LogP contribution is 2.59. The highest BCUT2D eigenvalue weighted by molar-refractivity contribution is 6.05. The van der Waals surface area contributed by atoms with Crippen molar-refractivity contribution in [2.75, 3.05) is 24.6 Å². The van der Waals surface area contributed by atoms with Gasteiger partial charge in [0.1, 0.15) is 17.7 Å². The van der Waals surface area contributed by atoms with Crippen LogP contribution in [0.25, 0.3) is 0 Å². The molecule has 2 N–H and O–H groups in total. The van der Waals surface area contributed by atoms with Crippen LogP contribution >= 0.6 is 0 Å². The van der Waals surface area contributed by atoms with Gasteiger partial charge in [0.05, 0.1) is 37.1 Å². The number of fused-ring (bicyclic) bond motifs is 1. The summed E-state index contributed by atoms with van der Waals surface area (Å²) in [7, 11) is 0. The van der Waals surface area contributed by atoms with E-state index in [1.807, 2.05) is 76.2 Å². The number of likely N-dealkylation sites (tertiary alicyclic amines) is 1. The molecule has 3 heterocycles. The first kappa shape index (κ1) is 37.0. The number of ether oxygens (including phenoxy) is 2. The van der Waals surface area contributed by atoms with E-state index in [2.05, 4.69) is 18.5 Å². The van der Waals surface area contributed by atoms with Crippen LogP contribution in [0.4, 0.5) is 5.69 Å². The molecule has 0 unspecified atom stereocenters. The largest absolute Gasteiger partial charge is 0.455 e. The SMILES string of the molecule is C=CCCC(=O)NC[C@@H](OC(=O)[C@@H]1[C@H]2C(=O)N([C@@H](CO)CC(C)C)[C@H](C(=O)N(CC=C)c3c(C)cccc3C)[C@]23CC[C@H]1O3)c1ccccc1. The minimum atomic E-state index is -1.29. The Hall–Kier alpha value is -4.28. The molecule has 7 atom stereocenters. The first-order chi connectivity index (χ1) is 24.0. The van der Waals surface area contributed by atoms with Crippen LogP contribution in [-0.2, 0) is 28.7 Å². The van der Waals surface area contributed by atoms with Gasteiger partial charge in [-0.05, 0) is 62.1 Å². The molecule has 3 aliphatic heterocycles. The summed E-state index contributed by atoms with van der Waals surface area (Å²) in [6.45, 7) is 15.4. The lowest BCUT2D eigenvalue weighted by molar-refractivity contribution is -0.161. The van der Waals surface area contributed by atoms with Gasteiger partial charge < -0.3 is 29.7 Å². The molecule has 0 saturated carbocycles. The van der Waals surface area contributed by atoms with Gasteiger partial charge in [-0.15, -0.1) is 13.2 Å². The molecule has 3 saturated heterocycles. The maximum absolute atomic E-state index is 15.1. The van der Waals surface area contributed by atoms with E-state index >= 15 is 4.79 Å². The number of nitrogens with zero attached hydrogens (tertiary/aromatic N) is 2. The van der Waals surface area contributed by atoms with Crippen LogP contribution in [0, 0.1) is 31.6 Å². The summed E-state index contributed by atoms with van der Waals surface area (Å²) >= 11 is 0. The van der Waals surface area contributed by atoms with Crippen molar-refractivity contribution >= 4 is 29.4 Å². The Morgan fingerprint density at radius 3 is 2.42 bits per heavy atom. The van der Waals surface area contributed by atoms with Crippen molar-refractivity contribution in [2.45, 2.75) is 89.7 Å². The van der Waals surface area contributed by atoms with Crippen molar-refractivity contribution in [3.63, 3.8) is 0 Å². The molecule has 10 nitrogen and oxygen atoms in total. The third-order valence-electron chi connectivity index (χ3n) is 10.4. The van der Waals surface area contributed by atoms with Crippen molar-refractivity contribution < 1.29 is 33.8 Å². The molecule has 2 bridgehead atoms. The molecule has 1 spiro atoms. The molecule has 2 aromatic rings. The first-order valence-electron chi connectivity index (χ1n) is 17.7. The lowest BCUT2D eigenvalue weighted by Gasteiger charge is -2.40. The van der Waals surface area contributed by atoms with Gasteiger partial charge >= 0.3 is 5.97 Å². The molecule has 3 aliphatic rings. The Morgan fingerprint density at radius 2 is 1.80 bits per heavy atom. The van der Waals surface area contributed by atoms with Crippen LogP contribution in [0.5, 0.6) is 0 Å². The number of carbonyl (C=O) groups excluding carboxylic acids is 4. The molecule has 10 heteroatoms. The number of aryl methyl sites for hydroxylation is 2. The van der Waals surface area contributed by atoms with Gasteiger partial charge in [0.2, 0.25) is 11.8 Å². The number of amides is 3. The summed E-state index contributed by atoms with van der Waals surface area (Å²) in [4.78, 5) is 59.8. The van der Waals surface area contributed by atoms with E-state index in [0.717, 1.165) is 16.8 Å². The number of carbonyl (C=O) groups is 4. The van der Waals surface area contributed by atoms with E-state index in [9.17, 15) is 19.5 Å². The number of hydrogen-bond acceptors (Lipinski definition) is 7. The van der Waals surface area contributed by atoms with Gasteiger partial charge in [-0.3, -0.25) is 19.2 Å². The van der Waals surface area contributed by atoms with E-state index in [1.165, 1.54) is 4.90 Å². The molecule has 0 aromatic heterocycles. The third-order valence-corrected chi connectivity index (χ3v) is 10.4. The summed E-state index contributed by atoms with van der Waals surface area (Å²) < 4.78 is 12.9. The first-order valence-corrected chi connectivity index (χ1v) is 17.7. The highest BCUT2D eigenvalue weighted by atomic mass is 16.6. The Morgan fingerprint density at radius 1 is 1.10 bits per heavy atom. The Balaban J connectivity index is 1.52. The zero-order valence-corrected chi connectivity index (χ0v) is 29.7. The summed E-state index contributed by atoms with van der Waals surface area (Å²) in [5.41, 5.74) is 1.94. The maximum Gasteiger partial charge on any atom is 0.313 e. The van der Waals surface area contributed by atoms with Gasteiger partial charge in [0, 0.05) is 18.7 Å². The number of esters is 1. The van der Waals surface area contributed by atoms with Gasteiger partial charge in [-0.2, -0.15) is 0 Å². The van der Waals surface area contributed by atoms with Crippen LogP contribution in [-0.4, -0.2) is 77.2 Å². The average molecular weight is 686 g/mol. The van der Waals surface area contributed by atoms with Crippen molar-refractivity contribution in [3.05, 3.63) is 90.5 Å². The lowest BCUT2D eigenvalue weighted by atomic mass is 9.70. The molecule has 50 heavy (non-hydrogen) atoms. The summed E-state index contributed by atoms with van der Waals surface area (Å²) in [5.74, 6) is -3.36. The van der Waals surface area contributed by atoms with Crippen molar-refractivity contribution in [3.8, 4) is 0 Å². The van der Waals surface area contributed by atoms with Crippen LogP contribution in [0.1, 0.15) is 68.7 Å². The third kappa shape index (κ3) is 7.01. The fourth-order valence-corrected chi connectivity index (χ4v) is 8.29. The number of aliphatic hydroxyl groups is 1. The minimum Gasteiger partial charge on any atom is -0.455 e. The van der Waals surface area contributed by atoms with Crippen LogP contribution in [0.3, 0.4) is 0 Å². The van der Waals surface area contributed by atoms with E-state index in [0.29, 0.717) is 31.2 Å². The second-order valence-electron chi connectivity index (χ2n) is 14.2. The van der Waals surface area contributed by atoms with Crippen molar-refractivity contribution in [1.29, 1.82) is 0 Å². The summed E-state index contributed by atoms with van der Waals surface area (Å²) in [6, 6.07) is 13.2. The zero-order chi connectivity index (χ0) is 36.2. The molecule has 3 fully saturated rings. The molecule has 0 radical (unpaired) electrons. The molecule has 0 aliphatic carbocycles. The smallest absolute Gasteiger partial charge is 0.313 e. The topological polar surface area (TPSA) is 125 Å². The number of para-hydroxylation sites is 1. The lowest BCUT2D eigenvalue weighted by Crippen LogP contribution is -2.59. The highest BCUT2D eigenvalue weighted by Gasteiger charge is 2.75. The van der Waals surface area contributed by atoms with Crippen LogP contribution < -0.4 is 10.2 Å². The zero-order valence-electron chi connectivity index (χ0n) is 29.7. The number of anilines is 1. The quantitative estimate of drug-likeness (QED) is 0.189. The van der Waals surface area contributed by atoms with Gasteiger partial charge in [-0.25, -0.2) is 0 Å². The van der Waals surface area contributed by atoms with Crippen molar-refractivity contribution in [1.82, 2.24) is 10.2 Å². The minimum absolute atomic E-state index is 0.0498. The predicted molar refractivity (Wildman–Crippen MR) is 191 cm³/mol. The van der Waals surface area contributed by atoms with E-state index in [-0.39, 0.29) is 49.8 Å². The number of allylic oxidation sites excluding steroid dienone is 1. The molecule has 5 rings (SSSR count). The number of benzene rings is 2. The number of aliphatic hydroxyl groups excluding tert-OH is 1. The molecule has 3 amide bonds. The Kier molecular flexibility index (Phi) is 11.6. The van der Waals surface area contributed by atoms with Crippen LogP contribution in [0.2, 0.25) is 0 Å². The average Bonchev–Trinajstić information content (AvgIpc) is 3.74.